The standard InChI is InChI=1S/C22H20FN5O2/c23-18-8-6-16(7-9-18)14-28-21(29)11-10-20(26-28)22(30)25-19-5-2-1-4-17(19)15-27-13-3-12-24-27/h1-9,12-13H,10-11,14-15H2,(H,25,30). The van der Waals surface area contributed by atoms with E-state index in [4.69, 9.17) is 0 Å². The molecule has 0 bridgehead atoms. The number of halogens is 1. The molecule has 0 radical (unpaired) electrons. The molecule has 1 aromatic heterocycles. The van der Waals surface area contributed by atoms with Crippen molar-refractivity contribution >= 4 is 23.2 Å². The van der Waals surface area contributed by atoms with Crippen molar-refractivity contribution in [2.45, 2.75) is 25.9 Å². The molecule has 0 aliphatic carbocycles. The molecule has 1 N–H and O–H groups in total. The van der Waals surface area contributed by atoms with Gasteiger partial charge in [-0.2, -0.15) is 10.2 Å². The average molecular weight is 405 g/mol. The number of nitrogens with zero attached hydrogens (tertiary/aromatic N) is 4. The summed E-state index contributed by atoms with van der Waals surface area (Å²) >= 11 is 0. The van der Waals surface area contributed by atoms with Gasteiger partial charge in [0.15, 0.2) is 0 Å². The first-order chi connectivity index (χ1) is 14.6. The summed E-state index contributed by atoms with van der Waals surface area (Å²) in [7, 11) is 0. The Hall–Kier alpha value is -3.81. The van der Waals surface area contributed by atoms with Crippen LogP contribution < -0.4 is 5.32 Å². The zero-order valence-electron chi connectivity index (χ0n) is 16.2. The van der Waals surface area contributed by atoms with E-state index in [1.807, 2.05) is 36.5 Å². The van der Waals surface area contributed by atoms with Crippen LogP contribution in [0.3, 0.4) is 0 Å². The highest BCUT2D eigenvalue weighted by molar-refractivity contribution is 6.43. The van der Waals surface area contributed by atoms with Gasteiger partial charge >= 0.3 is 0 Å². The Morgan fingerprint density at radius 1 is 1.03 bits per heavy atom. The van der Waals surface area contributed by atoms with Crippen molar-refractivity contribution in [3.05, 3.63) is 83.9 Å². The maximum Gasteiger partial charge on any atom is 0.271 e. The monoisotopic (exact) mass is 405 g/mol. The third-order valence-electron chi connectivity index (χ3n) is 4.77. The quantitative estimate of drug-likeness (QED) is 0.684. The molecular weight excluding hydrogens is 385 g/mol. The van der Waals surface area contributed by atoms with Crippen LogP contribution in [0.25, 0.3) is 0 Å². The molecule has 1 aliphatic heterocycles. The van der Waals surface area contributed by atoms with E-state index in [2.05, 4.69) is 15.5 Å². The van der Waals surface area contributed by atoms with E-state index >= 15 is 0 Å². The van der Waals surface area contributed by atoms with Gasteiger partial charge in [-0.15, -0.1) is 0 Å². The van der Waals surface area contributed by atoms with E-state index in [1.165, 1.54) is 17.1 Å². The molecule has 30 heavy (non-hydrogen) atoms. The van der Waals surface area contributed by atoms with E-state index < -0.39 is 0 Å². The second kappa shape index (κ2) is 8.69. The van der Waals surface area contributed by atoms with Gasteiger partial charge in [-0.3, -0.25) is 14.3 Å². The molecule has 0 saturated carbocycles. The molecule has 4 rings (SSSR count). The van der Waals surface area contributed by atoms with Crippen LogP contribution in [0.15, 0.2) is 72.1 Å². The van der Waals surface area contributed by atoms with Crippen molar-refractivity contribution in [2.75, 3.05) is 5.32 Å². The van der Waals surface area contributed by atoms with Gasteiger partial charge in [0.1, 0.15) is 11.5 Å². The van der Waals surface area contributed by atoms with Gasteiger partial charge in [-0.05, 0) is 35.4 Å². The average Bonchev–Trinajstić information content (AvgIpc) is 3.26. The lowest BCUT2D eigenvalue weighted by atomic mass is 10.1. The molecule has 0 spiro atoms. The summed E-state index contributed by atoms with van der Waals surface area (Å²) in [4.78, 5) is 25.0. The van der Waals surface area contributed by atoms with Gasteiger partial charge in [0.2, 0.25) is 5.91 Å². The van der Waals surface area contributed by atoms with Gasteiger partial charge in [0.25, 0.3) is 5.91 Å². The van der Waals surface area contributed by atoms with E-state index in [9.17, 15) is 14.0 Å². The minimum absolute atomic E-state index is 0.171. The highest BCUT2D eigenvalue weighted by Gasteiger charge is 2.25. The topological polar surface area (TPSA) is 79.6 Å². The van der Waals surface area contributed by atoms with Gasteiger partial charge in [0, 0.05) is 30.9 Å². The third-order valence-corrected chi connectivity index (χ3v) is 4.77. The lowest BCUT2D eigenvalue weighted by molar-refractivity contribution is -0.132. The normalized spacial score (nSPS) is 13.8. The summed E-state index contributed by atoms with van der Waals surface area (Å²) in [5, 5.41) is 12.6. The summed E-state index contributed by atoms with van der Waals surface area (Å²) < 4.78 is 14.9. The molecule has 2 heterocycles. The maximum absolute atomic E-state index is 13.1. The largest absolute Gasteiger partial charge is 0.321 e. The zero-order valence-corrected chi connectivity index (χ0v) is 16.2. The number of anilines is 1. The molecule has 7 nitrogen and oxygen atoms in total. The van der Waals surface area contributed by atoms with Crippen molar-refractivity contribution in [2.24, 2.45) is 5.10 Å². The minimum atomic E-state index is -0.348. The lowest BCUT2D eigenvalue weighted by Crippen LogP contribution is -2.36. The van der Waals surface area contributed by atoms with Crippen LogP contribution in [-0.2, 0) is 22.7 Å². The van der Waals surface area contributed by atoms with Gasteiger partial charge in [-0.1, -0.05) is 30.3 Å². The Bertz CT molecular complexity index is 1080. The maximum atomic E-state index is 13.1. The molecule has 2 amide bonds. The number of hydrogen-bond acceptors (Lipinski definition) is 4. The summed E-state index contributed by atoms with van der Waals surface area (Å²) in [6.45, 7) is 0.705. The Labute approximate surface area is 172 Å². The summed E-state index contributed by atoms with van der Waals surface area (Å²) in [6.07, 6.45) is 4.02. The van der Waals surface area contributed by atoms with Crippen LogP contribution in [-0.4, -0.2) is 32.3 Å². The fraction of sp³-hybridized carbons (Fsp3) is 0.182. The van der Waals surface area contributed by atoms with Crippen molar-refractivity contribution < 1.29 is 14.0 Å². The smallest absolute Gasteiger partial charge is 0.271 e. The molecule has 0 atom stereocenters. The molecular formula is C22H20FN5O2. The molecule has 152 valence electrons. The molecule has 0 saturated heterocycles. The van der Waals surface area contributed by atoms with E-state index in [1.54, 1.807) is 23.0 Å². The van der Waals surface area contributed by atoms with E-state index in [-0.39, 0.29) is 42.7 Å². The zero-order chi connectivity index (χ0) is 20.9. The van der Waals surface area contributed by atoms with Crippen molar-refractivity contribution in [1.29, 1.82) is 0 Å². The second-order valence-corrected chi connectivity index (χ2v) is 6.94. The van der Waals surface area contributed by atoms with E-state index in [0.717, 1.165) is 11.1 Å². The van der Waals surface area contributed by atoms with Crippen LogP contribution >= 0.6 is 0 Å². The Balaban J connectivity index is 1.49. The first kappa shape index (κ1) is 19.5. The molecule has 1 aliphatic rings. The number of amides is 2. The van der Waals surface area contributed by atoms with Gasteiger partial charge in [-0.25, -0.2) is 9.40 Å². The van der Waals surface area contributed by atoms with Gasteiger partial charge in [0.05, 0.1) is 13.1 Å². The van der Waals surface area contributed by atoms with E-state index in [0.29, 0.717) is 12.2 Å². The number of nitrogens with one attached hydrogen (secondary N) is 1. The molecule has 3 aromatic rings. The van der Waals surface area contributed by atoms with Crippen LogP contribution in [0.2, 0.25) is 0 Å². The van der Waals surface area contributed by atoms with Crippen LogP contribution in [0.5, 0.6) is 0 Å². The fourth-order valence-electron chi connectivity index (χ4n) is 3.19. The SMILES string of the molecule is O=C(Nc1ccccc1Cn1cccn1)C1=NN(Cc2ccc(F)cc2)C(=O)CC1. The summed E-state index contributed by atoms with van der Waals surface area (Å²) in [6, 6.07) is 15.2. The second-order valence-electron chi connectivity index (χ2n) is 6.94. The van der Waals surface area contributed by atoms with Crippen molar-refractivity contribution in [1.82, 2.24) is 14.8 Å². The number of benzene rings is 2. The van der Waals surface area contributed by atoms with Crippen LogP contribution in [0, 0.1) is 5.82 Å². The molecule has 0 unspecified atom stereocenters. The summed E-state index contributed by atoms with van der Waals surface area (Å²) in [5.74, 6) is -0.865. The number of rotatable bonds is 6. The summed E-state index contributed by atoms with van der Waals surface area (Å²) in [5.41, 5.74) is 2.60. The number of aromatic nitrogens is 2. The molecule has 0 fully saturated rings. The van der Waals surface area contributed by atoms with Crippen molar-refractivity contribution in [3.63, 3.8) is 0 Å². The van der Waals surface area contributed by atoms with Crippen LogP contribution in [0.4, 0.5) is 10.1 Å². The number of para-hydroxylation sites is 1. The van der Waals surface area contributed by atoms with Gasteiger partial charge < -0.3 is 5.32 Å². The number of carbonyl (C=O) groups excluding carboxylic acids is 2. The minimum Gasteiger partial charge on any atom is -0.321 e. The number of hydrazone groups is 1. The Morgan fingerprint density at radius 2 is 1.83 bits per heavy atom. The van der Waals surface area contributed by atoms with Crippen molar-refractivity contribution in [3.8, 4) is 0 Å². The first-order valence-corrected chi connectivity index (χ1v) is 9.57. The lowest BCUT2D eigenvalue weighted by Gasteiger charge is -2.23. The van der Waals surface area contributed by atoms with Crippen LogP contribution in [0.1, 0.15) is 24.0 Å². The number of carbonyl (C=O) groups is 2. The third kappa shape index (κ3) is 4.60. The fourth-order valence-corrected chi connectivity index (χ4v) is 3.19. The Kier molecular flexibility index (Phi) is 5.65. The number of hydrogen-bond donors (Lipinski definition) is 1. The Morgan fingerprint density at radius 3 is 2.60 bits per heavy atom. The predicted molar refractivity (Wildman–Crippen MR) is 110 cm³/mol. The molecule has 8 heteroatoms. The molecule has 2 aromatic carbocycles. The predicted octanol–water partition coefficient (Wildman–Crippen LogP) is 3.19. The highest BCUT2D eigenvalue weighted by atomic mass is 19.1. The highest BCUT2D eigenvalue weighted by Crippen LogP contribution is 2.19. The first-order valence-electron chi connectivity index (χ1n) is 9.57.